The van der Waals surface area contributed by atoms with Gasteiger partial charge < -0.3 is 4.42 Å². The molecule has 12 aromatic rings. The van der Waals surface area contributed by atoms with E-state index >= 15 is 9.13 Å². The second-order valence-electron chi connectivity index (χ2n) is 18.7. The number of para-hydroxylation sites is 5. The lowest BCUT2D eigenvalue weighted by molar-refractivity contribution is 0.581. The molecule has 2 atom stereocenters. The first-order valence-electron chi connectivity index (χ1n) is 24.5. The third-order valence-corrected chi connectivity index (χ3v) is 20.7. The maximum absolute atomic E-state index is 17.3. The van der Waals surface area contributed by atoms with Gasteiger partial charge in [-0.2, -0.15) is 0 Å². The topological polar surface area (TPSA) is 60.2 Å². The highest BCUT2D eigenvalue weighted by molar-refractivity contribution is 7.76. The predicted molar refractivity (Wildman–Crippen MR) is 303 cm³/mol. The minimum Gasteiger partial charge on any atom is -0.456 e. The molecule has 9 heteroatoms. The van der Waals surface area contributed by atoms with Gasteiger partial charge in [-0.05, 0) is 136 Å². The molecular formula is C64H42N4O3P2. The lowest BCUT2D eigenvalue weighted by atomic mass is 10.0. The van der Waals surface area contributed by atoms with Crippen LogP contribution in [0.2, 0.25) is 0 Å². The van der Waals surface area contributed by atoms with Gasteiger partial charge in [0.15, 0.2) is 0 Å². The number of hydrogen-bond acceptors (Lipinski definition) is 3. The molecule has 0 bridgehead atoms. The van der Waals surface area contributed by atoms with Crippen molar-refractivity contribution in [3.63, 3.8) is 0 Å². The highest BCUT2D eigenvalue weighted by Gasteiger charge is 2.51. The van der Waals surface area contributed by atoms with Gasteiger partial charge in [-0.1, -0.05) is 158 Å². The van der Waals surface area contributed by atoms with Crippen molar-refractivity contribution >= 4 is 104 Å². The Morgan fingerprint density at radius 3 is 1.51 bits per heavy atom. The van der Waals surface area contributed by atoms with Crippen molar-refractivity contribution in [1.29, 1.82) is 0 Å². The van der Waals surface area contributed by atoms with E-state index in [0.717, 1.165) is 89.3 Å². The van der Waals surface area contributed by atoms with E-state index in [4.69, 9.17) is 4.42 Å². The smallest absolute Gasteiger partial charge is 0.301 e. The van der Waals surface area contributed by atoms with Gasteiger partial charge in [0, 0.05) is 22.1 Å². The Morgan fingerprint density at radius 1 is 0.288 bits per heavy atom. The summed E-state index contributed by atoms with van der Waals surface area (Å²) in [6, 6.07) is 86.3. The molecule has 2 unspecified atom stereocenters. The molecule has 3 heterocycles. The quantitative estimate of drug-likeness (QED) is 0.147. The van der Waals surface area contributed by atoms with E-state index in [1.807, 2.05) is 150 Å². The first-order chi connectivity index (χ1) is 36.0. The molecular weight excluding hydrogens is 935 g/mol. The largest absolute Gasteiger partial charge is 0.456 e. The molecule has 0 saturated carbocycles. The van der Waals surface area contributed by atoms with Crippen LogP contribution >= 0.6 is 14.9 Å². The highest BCUT2D eigenvalue weighted by Crippen LogP contribution is 2.73. The summed E-state index contributed by atoms with van der Waals surface area (Å²) in [6.07, 6.45) is 0. The Kier molecular flexibility index (Phi) is 9.08. The molecule has 0 saturated heterocycles. The summed E-state index contributed by atoms with van der Waals surface area (Å²) in [5, 5.41) is 5.39. The van der Waals surface area contributed by atoms with E-state index in [2.05, 4.69) is 123 Å². The molecule has 0 spiro atoms. The van der Waals surface area contributed by atoms with E-state index < -0.39 is 14.9 Å². The van der Waals surface area contributed by atoms with E-state index in [0.29, 0.717) is 10.6 Å². The van der Waals surface area contributed by atoms with E-state index in [9.17, 15) is 0 Å². The van der Waals surface area contributed by atoms with Crippen molar-refractivity contribution in [3.8, 4) is 33.4 Å². The van der Waals surface area contributed by atoms with E-state index in [1.165, 1.54) is 22.3 Å². The molecule has 73 heavy (non-hydrogen) atoms. The van der Waals surface area contributed by atoms with Crippen molar-refractivity contribution in [2.45, 2.75) is 0 Å². The number of furan rings is 1. The second-order valence-corrected chi connectivity index (χ2v) is 23.5. The highest BCUT2D eigenvalue weighted by atomic mass is 31.2. The minimum atomic E-state index is -3.85. The summed E-state index contributed by atoms with van der Waals surface area (Å²) in [5.74, 6) is 0. The summed E-state index contributed by atoms with van der Waals surface area (Å²) in [4.78, 5) is 0. The van der Waals surface area contributed by atoms with Crippen LogP contribution in [-0.2, 0) is 9.13 Å². The maximum Gasteiger partial charge on any atom is 0.301 e. The van der Waals surface area contributed by atoms with Crippen molar-refractivity contribution in [1.82, 2.24) is 0 Å². The standard InChI is InChI=1S/C64H42N4O3P2/c69-72(47-24-8-3-9-25-47)66(46-22-6-2-7-23-46)58-39-37-44(42-60(58)67(72)55-40-38-52-50-28-11-10-27-49(50)51-30-17-31-53(55)63(51)52)43-19-16-26-48(41-43)73(70)65(45-20-4-1-5-21-45)56-32-13-14-33-57(56)68(73)59-34-18-36-62-64(59)54-29-12-15-35-61(54)71-62/h1-42H. The summed E-state index contributed by atoms with van der Waals surface area (Å²) in [5.41, 5.74) is 14.6. The van der Waals surface area contributed by atoms with E-state index in [-0.39, 0.29) is 0 Å². The molecule has 15 rings (SSSR count). The van der Waals surface area contributed by atoms with Gasteiger partial charge in [-0.15, -0.1) is 0 Å². The number of hydrogen-bond donors (Lipinski definition) is 0. The Hall–Kier alpha value is -8.86. The first kappa shape index (κ1) is 41.9. The monoisotopic (exact) mass is 976 g/mol. The van der Waals surface area contributed by atoms with Crippen molar-refractivity contribution in [3.05, 3.63) is 255 Å². The van der Waals surface area contributed by atoms with Crippen LogP contribution < -0.4 is 29.3 Å². The van der Waals surface area contributed by atoms with Crippen LogP contribution in [0.5, 0.6) is 0 Å². The fourth-order valence-corrected chi connectivity index (χ4v) is 17.9. The average molecular weight is 977 g/mol. The zero-order valence-electron chi connectivity index (χ0n) is 39.2. The molecule has 1 aliphatic carbocycles. The SMILES string of the molecule is O=P1(c2ccccc2)N(c2ccccc2)c2ccc(-c3cccc(P4(=O)N(c5ccccc5)c5ccccc5N4c4cccc5oc6ccccc6c45)c3)cc2N1c1ccc2c3c(cccc13)-c1ccccc1-2. The average Bonchev–Trinajstić information content (AvgIpc) is 4.16. The van der Waals surface area contributed by atoms with Gasteiger partial charge in [0.1, 0.15) is 11.2 Å². The maximum atomic E-state index is 17.3. The first-order valence-corrected chi connectivity index (χ1v) is 27.7. The fourth-order valence-electron chi connectivity index (χ4n) is 11.8. The molecule has 7 nitrogen and oxygen atoms in total. The van der Waals surface area contributed by atoms with Crippen LogP contribution in [0.1, 0.15) is 0 Å². The zero-order valence-corrected chi connectivity index (χ0v) is 40.9. The van der Waals surface area contributed by atoms with Crippen molar-refractivity contribution in [2.75, 3.05) is 18.7 Å². The number of rotatable bonds is 7. The molecule has 2 aliphatic heterocycles. The molecule has 11 aromatic carbocycles. The normalized spacial score (nSPS) is 17.4. The van der Waals surface area contributed by atoms with Crippen LogP contribution in [0.15, 0.2) is 259 Å². The summed E-state index contributed by atoms with van der Waals surface area (Å²) in [7, 11) is -7.61. The summed E-state index contributed by atoms with van der Waals surface area (Å²) >= 11 is 0. The molecule has 3 aliphatic rings. The Morgan fingerprint density at radius 2 is 0.767 bits per heavy atom. The number of anilines is 8. The van der Waals surface area contributed by atoms with Crippen LogP contribution in [0.25, 0.3) is 66.1 Å². The van der Waals surface area contributed by atoms with Crippen LogP contribution in [-0.4, -0.2) is 0 Å². The van der Waals surface area contributed by atoms with Gasteiger partial charge in [0.2, 0.25) is 0 Å². The summed E-state index contributed by atoms with van der Waals surface area (Å²) in [6.45, 7) is 0. The summed E-state index contributed by atoms with van der Waals surface area (Å²) < 4.78 is 49.2. The molecule has 346 valence electrons. The van der Waals surface area contributed by atoms with Gasteiger partial charge in [-0.3, -0.25) is 27.8 Å². The minimum absolute atomic E-state index is 0.653. The molecule has 1 aromatic heterocycles. The van der Waals surface area contributed by atoms with Crippen LogP contribution in [0.3, 0.4) is 0 Å². The van der Waals surface area contributed by atoms with Gasteiger partial charge in [-0.25, -0.2) is 0 Å². The Bertz CT molecular complexity index is 4300. The van der Waals surface area contributed by atoms with Gasteiger partial charge in [0.05, 0.1) is 50.1 Å². The third-order valence-electron chi connectivity index (χ3n) is 14.8. The molecule has 0 N–H and O–H groups in total. The van der Waals surface area contributed by atoms with E-state index in [1.54, 1.807) is 0 Å². The predicted octanol–water partition coefficient (Wildman–Crippen LogP) is 17.7. The van der Waals surface area contributed by atoms with Gasteiger partial charge in [0.25, 0.3) is 0 Å². The van der Waals surface area contributed by atoms with Crippen molar-refractivity contribution < 1.29 is 13.5 Å². The van der Waals surface area contributed by atoms with Crippen molar-refractivity contribution in [2.24, 2.45) is 0 Å². The lowest BCUT2D eigenvalue weighted by Gasteiger charge is -2.34. The Labute approximate surface area is 422 Å². The number of nitrogens with zero attached hydrogens (tertiary/aromatic N) is 4. The lowest BCUT2D eigenvalue weighted by Crippen LogP contribution is -2.26. The molecule has 0 radical (unpaired) electrons. The number of fused-ring (bicyclic) bond motifs is 8. The number of benzene rings is 11. The second kappa shape index (κ2) is 15.8. The van der Waals surface area contributed by atoms with Crippen LogP contribution in [0, 0.1) is 0 Å². The zero-order chi connectivity index (χ0) is 48.4. The van der Waals surface area contributed by atoms with Gasteiger partial charge >= 0.3 is 14.9 Å². The van der Waals surface area contributed by atoms with Crippen LogP contribution in [0.4, 0.5) is 45.5 Å². The third kappa shape index (κ3) is 5.89. The molecule has 0 fully saturated rings. The fraction of sp³-hybridized carbons (Fsp3) is 0. The molecule has 0 amide bonds. The Balaban J connectivity index is 0.961.